The number of hydrogen-bond donors (Lipinski definition) is 1. The summed E-state index contributed by atoms with van der Waals surface area (Å²) in [5, 5.41) is 0. The van der Waals surface area contributed by atoms with Crippen molar-refractivity contribution in [3.05, 3.63) is 35.7 Å². The van der Waals surface area contributed by atoms with Gasteiger partial charge >= 0.3 is 0 Å². The molecular formula is C10H9N3O. The van der Waals surface area contributed by atoms with E-state index in [4.69, 9.17) is 5.73 Å². The number of aromatic nitrogens is 2. The maximum absolute atomic E-state index is 10.9. The highest BCUT2D eigenvalue weighted by Crippen LogP contribution is 2.11. The third-order valence-corrected chi connectivity index (χ3v) is 1.95. The van der Waals surface area contributed by atoms with Crippen molar-refractivity contribution >= 4 is 16.9 Å². The zero-order chi connectivity index (χ0) is 10.1. The second-order valence-corrected chi connectivity index (χ2v) is 3.08. The minimum absolute atomic E-state index is 0.450. The lowest BCUT2D eigenvalue weighted by atomic mass is 10.2. The molecule has 0 aliphatic carbocycles. The number of benzene rings is 1. The van der Waals surface area contributed by atoms with Crippen LogP contribution in [0.25, 0.3) is 11.0 Å². The summed E-state index contributed by atoms with van der Waals surface area (Å²) in [7, 11) is 0. The minimum atomic E-state index is -0.450. The molecule has 4 heteroatoms. The molecule has 1 amide bonds. The van der Waals surface area contributed by atoms with Crippen LogP contribution in [0.3, 0.4) is 0 Å². The van der Waals surface area contributed by atoms with E-state index in [9.17, 15) is 4.79 Å². The van der Waals surface area contributed by atoms with Crippen LogP contribution >= 0.6 is 0 Å². The van der Waals surface area contributed by atoms with Crippen LogP contribution < -0.4 is 5.73 Å². The van der Waals surface area contributed by atoms with Crippen LogP contribution in [-0.4, -0.2) is 15.9 Å². The Morgan fingerprint density at radius 3 is 2.86 bits per heavy atom. The average Bonchev–Trinajstić information content (AvgIpc) is 2.16. The van der Waals surface area contributed by atoms with Gasteiger partial charge in [-0.2, -0.15) is 0 Å². The van der Waals surface area contributed by atoms with Crippen molar-refractivity contribution in [1.82, 2.24) is 9.97 Å². The molecule has 0 aliphatic rings. The first-order chi connectivity index (χ1) is 6.66. The van der Waals surface area contributed by atoms with Crippen molar-refractivity contribution in [3.8, 4) is 0 Å². The number of rotatable bonds is 1. The summed E-state index contributed by atoms with van der Waals surface area (Å²) >= 11 is 0. The second-order valence-electron chi connectivity index (χ2n) is 3.08. The van der Waals surface area contributed by atoms with Gasteiger partial charge in [0.25, 0.3) is 0 Å². The molecule has 70 valence electrons. The SMILES string of the molecule is Cc1cnc2cc(C(N)=O)ccc2n1. The van der Waals surface area contributed by atoms with Gasteiger partial charge in [0.2, 0.25) is 5.91 Å². The van der Waals surface area contributed by atoms with Gasteiger partial charge in [0.05, 0.1) is 16.7 Å². The lowest BCUT2D eigenvalue weighted by Crippen LogP contribution is -2.10. The van der Waals surface area contributed by atoms with E-state index in [1.807, 2.05) is 6.92 Å². The van der Waals surface area contributed by atoms with E-state index < -0.39 is 5.91 Å². The summed E-state index contributed by atoms with van der Waals surface area (Å²) in [6.45, 7) is 1.87. The van der Waals surface area contributed by atoms with Crippen molar-refractivity contribution in [2.75, 3.05) is 0 Å². The van der Waals surface area contributed by atoms with E-state index in [0.717, 1.165) is 11.2 Å². The number of hydrogen-bond acceptors (Lipinski definition) is 3. The quantitative estimate of drug-likeness (QED) is 0.725. The third kappa shape index (κ3) is 1.42. The van der Waals surface area contributed by atoms with Crippen LogP contribution in [0.15, 0.2) is 24.4 Å². The normalized spacial score (nSPS) is 10.4. The van der Waals surface area contributed by atoms with Crippen LogP contribution in [-0.2, 0) is 0 Å². The predicted molar refractivity (Wildman–Crippen MR) is 52.8 cm³/mol. The molecule has 0 unspecified atom stereocenters. The van der Waals surface area contributed by atoms with E-state index in [2.05, 4.69) is 9.97 Å². The van der Waals surface area contributed by atoms with E-state index in [0.29, 0.717) is 11.1 Å². The molecule has 14 heavy (non-hydrogen) atoms. The van der Waals surface area contributed by atoms with Gasteiger partial charge in [-0.3, -0.25) is 9.78 Å². The second kappa shape index (κ2) is 3.06. The molecule has 0 saturated heterocycles. The van der Waals surface area contributed by atoms with Crippen molar-refractivity contribution in [3.63, 3.8) is 0 Å². The van der Waals surface area contributed by atoms with Crippen LogP contribution in [0.2, 0.25) is 0 Å². The van der Waals surface area contributed by atoms with Gasteiger partial charge in [-0.1, -0.05) is 0 Å². The fraction of sp³-hybridized carbons (Fsp3) is 0.100. The van der Waals surface area contributed by atoms with E-state index in [1.54, 1.807) is 24.4 Å². The smallest absolute Gasteiger partial charge is 0.248 e. The number of nitrogens with two attached hydrogens (primary N) is 1. The van der Waals surface area contributed by atoms with Crippen molar-refractivity contribution in [2.24, 2.45) is 5.73 Å². The molecule has 1 heterocycles. The van der Waals surface area contributed by atoms with Crippen LogP contribution in [0.4, 0.5) is 0 Å². The first-order valence-corrected chi connectivity index (χ1v) is 4.20. The molecule has 0 spiro atoms. The molecule has 1 aromatic heterocycles. The number of carbonyl (C=O) groups is 1. The number of carbonyl (C=O) groups excluding carboxylic acids is 1. The predicted octanol–water partition coefficient (Wildman–Crippen LogP) is 1.04. The standard InChI is InChI=1S/C10H9N3O/c1-6-5-12-9-4-7(10(11)14)2-3-8(9)13-6/h2-5H,1H3,(H2,11,14). The van der Waals surface area contributed by atoms with Crippen molar-refractivity contribution in [2.45, 2.75) is 6.92 Å². The van der Waals surface area contributed by atoms with Crippen LogP contribution in [0.5, 0.6) is 0 Å². The first kappa shape index (κ1) is 8.62. The molecule has 0 atom stereocenters. The summed E-state index contributed by atoms with van der Waals surface area (Å²) in [5.41, 5.74) is 7.91. The van der Waals surface area contributed by atoms with Crippen LogP contribution in [0, 0.1) is 6.92 Å². The Hall–Kier alpha value is -1.97. The average molecular weight is 187 g/mol. The minimum Gasteiger partial charge on any atom is -0.366 e. The maximum Gasteiger partial charge on any atom is 0.248 e. The molecule has 0 fully saturated rings. The van der Waals surface area contributed by atoms with Crippen molar-refractivity contribution in [1.29, 1.82) is 0 Å². The van der Waals surface area contributed by atoms with Gasteiger partial charge in [-0.15, -0.1) is 0 Å². The van der Waals surface area contributed by atoms with Gasteiger partial charge in [0.1, 0.15) is 0 Å². The zero-order valence-corrected chi connectivity index (χ0v) is 7.69. The number of nitrogens with zero attached hydrogens (tertiary/aromatic N) is 2. The molecular weight excluding hydrogens is 178 g/mol. The van der Waals surface area contributed by atoms with Crippen LogP contribution in [0.1, 0.15) is 16.1 Å². The van der Waals surface area contributed by atoms with Gasteiger partial charge in [0, 0.05) is 11.8 Å². The monoisotopic (exact) mass is 187 g/mol. The largest absolute Gasteiger partial charge is 0.366 e. The third-order valence-electron chi connectivity index (χ3n) is 1.95. The fourth-order valence-electron chi connectivity index (χ4n) is 1.26. The highest BCUT2D eigenvalue weighted by atomic mass is 16.1. The molecule has 2 aromatic rings. The lowest BCUT2D eigenvalue weighted by molar-refractivity contribution is 0.100. The highest BCUT2D eigenvalue weighted by molar-refractivity contribution is 5.96. The number of amides is 1. The Morgan fingerprint density at radius 2 is 2.14 bits per heavy atom. The Morgan fingerprint density at radius 1 is 1.36 bits per heavy atom. The van der Waals surface area contributed by atoms with Gasteiger partial charge in [0.15, 0.2) is 0 Å². The van der Waals surface area contributed by atoms with Gasteiger partial charge < -0.3 is 5.73 Å². The fourth-order valence-corrected chi connectivity index (χ4v) is 1.26. The lowest BCUT2D eigenvalue weighted by Gasteiger charge is -1.99. The Balaban J connectivity index is 2.67. The highest BCUT2D eigenvalue weighted by Gasteiger charge is 2.02. The summed E-state index contributed by atoms with van der Waals surface area (Å²) in [4.78, 5) is 19.3. The summed E-state index contributed by atoms with van der Waals surface area (Å²) in [6.07, 6.45) is 1.66. The summed E-state index contributed by atoms with van der Waals surface area (Å²) in [5.74, 6) is -0.450. The van der Waals surface area contributed by atoms with E-state index in [-0.39, 0.29) is 0 Å². The van der Waals surface area contributed by atoms with Crippen molar-refractivity contribution < 1.29 is 4.79 Å². The molecule has 1 aromatic carbocycles. The topological polar surface area (TPSA) is 68.9 Å². The number of aryl methyl sites for hydroxylation is 1. The number of primary amides is 1. The molecule has 2 rings (SSSR count). The Labute approximate surface area is 80.8 Å². The molecule has 0 bridgehead atoms. The van der Waals surface area contributed by atoms with E-state index in [1.165, 1.54) is 0 Å². The summed E-state index contributed by atoms with van der Waals surface area (Å²) in [6, 6.07) is 5.04. The number of fused-ring (bicyclic) bond motifs is 1. The molecule has 0 saturated carbocycles. The zero-order valence-electron chi connectivity index (χ0n) is 7.69. The molecule has 0 radical (unpaired) electrons. The first-order valence-electron chi connectivity index (χ1n) is 4.20. The van der Waals surface area contributed by atoms with Gasteiger partial charge in [-0.05, 0) is 25.1 Å². The Kier molecular flexibility index (Phi) is 1.89. The molecule has 0 aliphatic heterocycles. The maximum atomic E-state index is 10.9. The van der Waals surface area contributed by atoms with E-state index >= 15 is 0 Å². The molecule has 2 N–H and O–H groups in total. The molecule has 4 nitrogen and oxygen atoms in total. The Bertz CT molecular complexity index is 508. The van der Waals surface area contributed by atoms with Gasteiger partial charge in [-0.25, -0.2) is 4.98 Å². The summed E-state index contributed by atoms with van der Waals surface area (Å²) < 4.78 is 0.